The molecular formula is C16H13NO3S. The molecule has 0 spiro atoms. The number of carbonyl (C=O) groups excluding carboxylic acids is 2. The van der Waals surface area contributed by atoms with Crippen molar-refractivity contribution >= 4 is 29.1 Å². The van der Waals surface area contributed by atoms with E-state index in [0.29, 0.717) is 11.3 Å². The van der Waals surface area contributed by atoms with E-state index in [1.165, 1.54) is 4.90 Å². The van der Waals surface area contributed by atoms with Crippen molar-refractivity contribution in [1.82, 2.24) is 0 Å². The molecule has 1 aliphatic rings. The third-order valence-corrected chi connectivity index (χ3v) is 4.33. The predicted octanol–water partition coefficient (Wildman–Crippen LogP) is 3.01. The molecule has 5 heteroatoms. The number of hydrogen-bond acceptors (Lipinski definition) is 4. The van der Waals surface area contributed by atoms with E-state index in [-0.39, 0.29) is 0 Å². The Hall–Kier alpha value is -2.27. The summed E-state index contributed by atoms with van der Waals surface area (Å²) in [4.78, 5) is 26.8. The van der Waals surface area contributed by atoms with Crippen LogP contribution in [-0.2, 0) is 4.79 Å². The van der Waals surface area contributed by atoms with Crippen molar-refractivity contribution in [2.75, 3.05) is 19.1 Å². The maximum absolute atomic E-state index is 11.7. The lowest BCUT2D eigenvalue weighted by molar-refractivity contribution is -0.114. The highest BCUT2D eigenvalue weighted by atomic mass is 32.2. The molecule has 0 saturated heterocycles. The van der Waals surface area contributed by atoms with Gasteiger partial charge in [0.2, 0.25) is 0 Å². The van der Waals surface area contributed by atoms with Crippen molar-refractivity contribution in [2.24, 2.45) is 0 Å². The summed E-state index contributed by atoms with van der Waals surface area (Å²) in [6, 6.07) is 13.2. The second kappa shape index (κ2) is 5.26. The standard InChI is InChI=1S/C16H13NO3S/c1-17-14-9-12(6-7-13(14)15(18)16(17)19)21-11-5-3-4-10(8-11)20-2/h3-9H,1-2H3. The van der Waals surface area contributed by atoms with Gasteiger partial charge in [-0.05, 0) is 36.4 Å². The SMILES string of the molecule is COc1cccc(Sc2ccc3c(c2)N(C)C(=O)C3=O)c1. The van der Waals surface area contributed by atoms with Crippen LogP contribution in [0.5, 0.6) is 5.75 Å². The van der Waals surface area contributed by atoms with Crippen LogP contribution in [0.1, 0.15) is 10.4 Å². The van der Waals surface area contributed by atoms with Gasteiger partial charge >= 0.3 is 0 Å². The Balaban J connectivity index is 1.91. The van der Waals surface area contributed by atoms with E-state index in [1.807, 2.05) is 36.4 Å². The Morgan fingerprint density at radius 2 is 1.81 bits per heavy atom. The van der Waals surface area contributed by atoms with Crippen LogP contribution in [0.25, 0.3) is 0 Å². The van der Waals surface area contributed by atoms with Crippen LogP contribution in [0.3, 0.4) is 0 Å². The molecule has 0 saturated carbocycles. The zero-order valence-corrected chi connectivity index (χ0v) is 12.4. The third kappa shape index (κ3) is 2.40. The van der Waals surface area contributed by atoms with Gasteiger partial charge in [0.25, 0.3) is 11.7 Å². The first-order valence-corrected chi connectivity index (χ1v) is 7.20. The number of amides is 1. The number of rotatable bonds is 3. The fourth-order valence-electron chi connectivity index (χ4n) is 2.22. The van der Waals surface area contributed by atoms with Crippen LogP contribution >= 0.6 is 11.8 Å². The molecule has 106 valence electrons. The maximum atomic E-state index is 11.7. The summed E-state index contributed by atoms with van der Waals surface area (Å²) in [6.45, 7) is 0. The Labute approximate surface area is 126 Å². The molecule has 3 rings (SSSR count). The topological polar surface area (TPSA) is 46.6 Å². The van der Waals surface area contributed by atoms with Crippen LogP contribution in [-0.4, -0.2) is 25.8 Å². The number of likely N-dealkylation sites (N-methyl/N-ethyl adjacent to an activating group) is 1. The van der Waals surface area contributed by atoms with Crippen LogP contribution in [0.15, 0.2) is 52.3 Å². The highest BCUT2D eigenvalue weighted by Gasteiger charge is 2.33. The predicted molar refractivity (Wildman–Crippen MR) is 81.3 cm³/mol. The number of anilines is 1. The second-order valence-corrected chi connectivity index (χ2v) is 5.80. The van der Waals surface area contributed by atoms with E-state index in [9.17, 15) is 9.59 Å². The van der Waals surface area contributed by atoms with E-state index in [1.54, 1.807) is 32.0 Å². The van der Waals surface area contributed by atoms with Crippen LogP contribution in [0, 0.1) is 0 Å². The third-order valence-electron chi connectivity index (χ3n) is 3.35. The van der Waals surface area contributed by atoms with Gasteiger partial charge in [0.05, 0.1) is 18.4 Å². The Morgan fingerprint density at radius 3 is 2.57 bits per heavy atom. The molecule has 21 heavy (non-hydrogen) atoms. The van der Waals surface area contributed by atoms with Gasteiger partial charge in [-0.1, -0.05) is 17.8 Å². The van der Waals surface area contributed by atoms with E-state index in [0.717, 1.165) is 15.5 Å². The molecule has 0 aliphatic carbocycles. The lowest BCUT2D eigenvalue weighted by Gasteiger charge is -2.10. The summed E-state index contributed by atoms with van der Waals surface area (Å²) in [5, 5.41) is 0. The van der Waals surface area contributed by atoms with E-state index in [4.69, 9.17) is 4.74 Å². The highest BCUT2D eigenvalue weighted by molar-refractivity contribution is 7.99. The van der Waals surface area contributed by atoms with Gasteiger partial charge in [-0.3, -0.25) is 9.59 Å². The van der Waals surface area contributed by atoms with Crippen molar-refractivity contribution in [2.45, 2.75) is 9.79 Å². The van der Waals surface area contributed by atoms with Crippen LogP contribution in [0.2, 0.25) is 0 Å². The van der Waals surface area contributed by atoms with Crippen LogP contribution < -0.4 is 9.64 Å². The lowest BCUT2D eigenvalue weighted by Crippen LogP contribution is -2.24. The van der Waals surface area contributed by atoms with Crippen molar-refractivity contribution in [3.63, 3.8) is 0 Å². The van der Waals surface area contributed by atoms with Crippen molar-refractivity contribution in [3.8, 4) is 5.75 Å². The molecule has 0 aromatic heterocycles. The molecule has 1 heterocycles. The lowest BCUT2D eigenvalue weighted by atomic mass is 10.1. The molecule has 0 bridgehead atoms. The minimum Gasteiger partial charge on any atom is -0.497 e. The monoisotopic (exact) mass is 299 g/mol. The normalized spacial score (nSPS) is 13.5. The Morgan fingerprint density at radius 1 is 1.05 bits per heavy atom. The second-order valence-electron chi connectivity index (χ2n) is 4.65. The summed E-state index contributed by atoms with van der Waals surface area (Å²) in [5.41, 5.74) is 1.13. The maximum Gasteiger partial charge on any atom is 0.299 e. The highest BCUT2D eigenvalue weighted by Crippen LogP contribution is 2.35. The largest absolute Gasteiger partial charge is 0.497 e. The molecule has 1 amide bonds. The quantitative estimate of drug-likeness (QED) is 0.817. The van der Waals surface area contributed by atoms with Gasteiger partial charge in [-0.2, -0.15) is 0 Å². The number of hydrogen-bond donors (Lipinski definition) is 0. The van der Waals surface area contributed by atoms with Gasteiger partial charge in [0.1, 0.15) is 5.75 Å². The number of benzene rings is 2. The first kappa shape index (κ1) is 13.7. The molecule has 0 fully saturated rings. The Kier molecular flexibility index (Phi) is 3.43. The Bertz CT molecular complexity index is 742. The number of methoxy groups -OCH3 is 1. The molecule has 4 nitrogen and oxygen atoms in total. The van der Waals surface area contributed by atoms with Gasteiger partial charge in [0.15, 0.2) is 0 Å². The average Bonchev–Trinajstić information content (AvgIpc) is 2.72. The van der Waals surface area contributed by atoms with Crippen molar-refractivity contribution in [1.29, 1.82) is 0 Å². The molecule has 0 N–H and O–H groups in total. The zero-order valence-electron chi connectivity index (χ0n) is 11.6. The smallest absolute Gasteiger partial charge is 0.299 e. The summed E-state index contributed by atoms with van der Waals surface area (Å²) >= 11 is 1.56. The molecule has 1 aliphatic heterocycles. The molecular weight excluding hydrogens is 286 g/mol. The summed E-state index contributed by atoms with van der Waals surface area (Å²) in [7, 11) is 3.25. The average molecular weight is 299 g/mol. The first-order chi connectivity index (χ1) is 10.1. The van der Waals surface area contributed by atoms with Crippen molar-refractivity contribution in [3.05, 3.63) is 48.0 Å². The number of nitrogens with zero attached hydrogens (tertiary/aromatic N) is 1. The zero-order chi connectivity index (χ0) is 15.0. The summed E-state index contributed by atoms with van der Waals surface area (Å²) in [5.74, 6) is -0.123. The molecule has 0 radical (unpaired) electrons. The number of fused-ring (bicyclic) bond motifs is 1. The van der Waals surface area contributed by atoms with Gasteiger partial charge in [0, 0.05) is 16.8 Å². The molecule has 2 aromatic rings. The molecule has 2 aromatic carbocycles. The van der Waals surface area contributed by atoms with Gasteiger partial charge < -0.3 is 9.64 Å². The fraction of sp³-hybridized carbons (Fsp3) is 0.125. The number of carbonyl (C=O) groups is 2. The summed E-state index contributed by atoms with van der Waals surface area (Å²) < 4.78 is 5.20. The molecule has 0 atom stereocenters. The number of ether oxygens (including phenoxy) is 1. The van der Waals surface area contributed by atoms with E-state index < -0.39 is 11.7 Å². The first-order valence-electron chi connectivity index (χ1n) is 6.38. The molecule has 0 unspecified atom stereocenters. The number of ketones is 1. The van der Waals surface area contributed by atoms with E-state index in [2.05, 4.69) is 0 Å². The minimum atomic E-state index is -0.478. The van der Waals surface area contributed by atoms with Crippen molar-refractivity contribution < 1.29 is 14.3 Å². The summed E-state index contributed by atoms with van der Waals surface area (Å²) in [6.07, 6.45) is 0. The van der Waals surface area contributed by atoms with Crippen LogP contribution in [0.4, 0.5) is 5.69 Å². The van der Waals surface area contributed by atoms with Gasteiger partial charge in [-0.15, -0.1) is 0 Å². The van der Waals surface area contributed by atoms with E-state index >= 15 is 0 Å². The fourth-order valence-corrected chi connectivity index (χ4v) is 3.12. The minimum absolute atomic E-state index is 0.439. The number of Topliss-reactive ketones (excluding diaryl/α,β-unsaturated/α-hetero) is 1. The van der Waals surface area contributed by atoms with Gasteiger partial charge in [-0.25, -0.2) is 0 Å².